The van der Waals surface area contributed by atoms with Gasteiger partial charge in [-0.05, 0) is 43.7 Å². The van der Waals surface area contributed by atoms with Gasteiger partial charge in [-0.3, -0.25) is 4.98 Å². The molecule has 0 spiro atoms. The van der Waals surface area contributed by atoms with Crippen LogP contribution in [0.3, 0.4) is 0 Å². The number of hydrogen-bond acceptors (Lipinski definition) is 3. The van der Waals surface area contributed by atoms with E-state index in [9.17, 15) is 4.79 Å². The minimum atomic E-state index is -0.130. The molecular formula is C18H20N4O. The first kappa shape index (κ1) is 16.5. The molecule has 0 saturated heterocycles. The first-order chi connectivity index (χ1) is 11.2. The number of nitriles is 1. The van der Waals surface area contributed by atoms with Crippen molar-refractivity contribution in [1.29, 1.82) is 5.26 Å². The van der Waals surface area contributed by atoms with Gasteiger partial charge in [0.25, 0.3) is 0 Å². The van der Waals surface area contributed by atoms with Gasteiger partial charge in [0.2, 0.25) is 0 Å². The molecule has 0 radical (unpaired) electrons. The molecule has 1 heterocycles. The number of pyridine rings is 1. The van der Waals surface area contributed by atoms with Gasteiger partial charge in [-0.1, -0.05) is 18.2 Å². The lowest BCUT2D eigenvalue weighted by molar-refractivity contribution is 0.182. The fourth-order valence-corrected chi connectivity index (χ4v) is 2.38. The lowest BCUT2D eigenvalue weighted by Gasteiger charge is -2.28. The number of carbonyl (C=O) groups excluding carboxylic acids is 1. The van der Waals surface area contributed by atoms with Crippen molar-refractivity contribution in [1.82, 2.24) is 15.2 Å². The minimum absolute atomic E-state index is 0.0727. The zero-order valence-corrected chi connectivity index (χ0v) is 13.4. The van der Waals surface area contributed by atoms with E-state index in [2.05, 4.69) is 16.4 Å². The Morgan fingerprint density at radius 1 is 1.30 bits per heavy atom. The lowest BCUT2D eigenvalue weighted by atomic mass is 10.1. The van der Waals surface area contributed by atoms with E-state index in [4.69, 9.17) is 5.26 Å². The van der Waals surface area contributed by atoms with Crippen molar-refractivity contribution in [3.8, 4) is 6.07 Å². The fourth-order valence-electron chi connectivity index (χ4n) is 2.38. The van der Waals surface area contributed by atoms with E-state index >= 15 is 0 Å². The summed E-state index contributed by atoms with van der Waals surface area (Å²) in [4.78, 5) is 18.4. The second-order valence-electron chi connectivity index (χ2n) is 5.18. The van der Waals surface area contributed by atoms with Crippen LogP contribution in [0.2, 0.25) is 0 Å². The Morgan fingerprint density at radius 3 is 2.61 bits per heavy atom. The van der Waals surface area contributed by atoms with Crippen molar-refractivity contribution in [2.75, 3.05) is 6.54 Å². The van der Waals surface area contributed by atoms with Gasteiger partial charge in [0.15, 0.2) is 0 Å². The Balaban J connectivity index is 2.02. The van der Waals surface area contributed by atoms with Crippen molar-refractivity contribution in [2.45, 2.75) is 26.4 Å². The maximum atomic E-state index is 12.4. The average Bonchev–Trinajstić information content (AvgIpc) is 2.61. The summed E-state index contributed by atoms with van der Waals surface area (Å²) in [6.07, 6.45) is 1.71. The molecule has 1 aromatic carbocycles. The van der Waals surface area contributed by atoms with Crippen LogP contribution in [0.1, 0.15) is 36.7 Å². The second kappa shape index (κ2) is 7.95. The predicted molar refractivity (Wildman–Crippen MR) is 88.4 cm³/mol. The van der Waals surface area contributed by atoms with Crippen LogP contribution in [-0.2, 0) is 6.54 Å². The van der Waals surface area contributed by atoms with E-state index in [0.29, 0.717) is 18.7 Å². The zero-order valence-electron chi connectivity index (χ0n) is 13.4. The summed E-state index contributed by atoms with van der Waals surface area (Å²) in [5, 5.41) is 11.8. The molecule has 118 valence electrons. The van der Waals surface area contributed by atoms with Gasteiger partial charge in [-0.2, -0.15) is 5.26 Å². The molecule has 23 heavy (non-hydrogen) atoms. The number of aromatic nitrogens is 1. The van der Waals surface area contributed by atoms with Gasteiger partial charge in [0, 0.05) is 12.7 Å². The summed E-state index contributed by atoms with van der Waals surface area (Å²) in [6.45, 7) is 4.91. The highest BCUT2D eigenvalue weighted by Gasteiger charge is 2.19. The SMILES string of the molecule is CCN(C(=O)NCc1ccccn1)[C@H](C)c1ccc(C#N)cc1. The number of nitrogens with zero attached hydrogens (tertiary/aromatic N) is 3. The minimum Gasteiger partial charge on any atom is -0.332 e. The monoisotopic (exact) mass is 308 g/mol. The molecule has 0 saturated carbocycles. The number of benzene rings is 1. The Bertz CT molecular complexity index is 676. The molecule has 0 aliphatic rings. The highest BCUT2D eigenvalue weighted by atomic mass is 16.2. The molecular weight excluding hydrogens is 288 g/mol. The number of nitrogens with one attached hydrogen (secondary N) is 1. The summed E-state index contributed by atoms with van der Waals surface area (Å²) >= 11 is 0. The number of urea groups is 1. The molecule has 1 aromatic heterocycles. The first-order valence-electron chi connectivity index (χ1n) is 7.60. The Morgan fingerprint density at radius 2 is 2.04 bits per heavy atom. The van der Waals surface area contributed by atoms with Crippen molar-refractivity contribution in [3.05, 3.63) is 65.5 Å². The maximum absolute atomic E-state index is 12.4. The third-order valence-corrected chi connectivity index (χ3v) is 3.74. The topological polar surface area (TPSA) is 69.0 Å². The molecule has 0 aliphatic heterocycles. The number of rotatable bonds is 5. The molecule has 0 bridgehead atoms. The van der Waals surface area contributed by atoms with E-state index in [-0.39, 0.29) is 12.1 Å². The van der Waals surface area contributed by atoms with Gasteiger partial charge < -0.3 is 10.2 Å². The van der Waals surface area contributed by atoms with Crippen LogP contribution in [-0.4, -0.2) is 22.5 Å². The predicted octanol–water partition coefficient (Wildman–Crippen LogP) is 3.25. The second-order valence-corrected chi connectivity index (χ2v) is 5.18. The Labute approximate surface area is 136 Å². The Hall–Kier alpha value is -2.87. The molecule has 2 amide bonds. The Kier molecular flexibility index (Phi) is 5.70. The van der Waals surface area contributed by atoms with Crippen molar-refractivity contribution in [3.63, 3.8) is 0 Å². The fraction of sp³-hybridized carbons (Fsp3) is 0.278. The van der Waals surface area contributed by atoms with Gasteiger partial charge >= 0.3 is 6.03 Å². The van der Waals surface area contributed by atoms with Crippen LogP contribution >= 0.6 is 0 Å². The van der Waals surface area contributed by atoms with E-state index in [1.54, 1.807) is 23.2 Å². The van der Waals surface area contributed by atoms with Gasteiger partial charge in [-0.15, -0.1) is 0 Å². The largest absolute Gasteiger partial charge is 0.332 e. The van der Waals surface area contributed by atoms with Crippen LogP contribution in [0.5, 0.6) is 0 Å². The van der Waals surface area contributed by atoms with Crippen LogP contribution in [0.25, 0.3) is 0 Å². The maximum Gasteiger partial charge on any atom is 0.318 e. The molecule has 2 rings (SSSR count). The first-order valence-corrected chi connectivity index (χ1v) is 7.60. The molecule has 5 nitrogen and oxygen atoms in total. The number of carbonyl (C=O) groups is 1. The van der Waals surface area contributed by atoms with Crippen LogP contribution < -0.4 is 5.32 Å². The van der Waals surface area contributed by atoms with Crippen LogP contribution in [0.15, 0.2) is 48.7 Å². The molecule has 5 heteroatoms. The molecule has 1 atom stereocenters. The normalized spacial score (nSPS) is 11.3. The highest BCUT2D eigenvalue weighted by molar-refractivity contribution is 5.74. The van der Waals surface area contributed by atoms with E-state index in [0.717, 1.165) is 11.3 Å². The summed E-state index contributed by atoms with van der Waals surface area (Å²) in [6, 6.07) is 14.8. The van der Waals surface area contributed by atoms with E-state index < -0.39 is 0 Å². The van der Waals surface area contributed by atoms with Gasteiger partial charge in [0.1, 0.15) is 0 Å². The smallest absolute Gasteiger partial charge is 0.318 e. The molecule has 0 unspecified atom stereocenters. The molecule has 0 fully saturated rings. The summed E-state index contributed by atoms with van der Waals surface area (Å²) in [5.41, 5.74) is 2.44. The number of amides is 2. The summed E-state index contributed by atoms with van der Waals surface area (Å²) in [5.74, 6) is 0. The standard InChI is InChI=1S/C18H20N4O/c1-3-22(14(2)16-9-7-15(12-19)8-10-16)18(23)21-13-17-6-4-5-11-20-17/h4-11,14H,3,13H2,1-2H3,(H,21,23)/t14-/m1/s1. The van der Waals surface area contributed by atoms with Crippen LogP contribution in [0.4, 0.5) is 4.79 Å². The summed E-state index contributed by atoms with van der Waals surface area (Å²) in [7, 11) is 0. The van der Waals surface area contributed by atoms with Gasteiger partial charge in [0.05, 0.1) is 29.9 Å². The molecule has 0 aliphatic carbocycles. The average molecular weight is 308 g/mol. The lowest BCUT2D eigenvalue weighted by Crippen LogP contribution is -2.41. The third kappa shape index (κ3) is 4.30. The van der Waals surface area contributed by atoms with Gasteiger partial charge in [-0.25, -0.2) is 4.79 Å². The molecule has 2 aromatic rings. The van der Waals surface area contributed by atoms with Crippen molar-refractivity contribution in [2.24, 2.45) is 0 Å². The highest BCUT2D eigenvalue weighted by Crippen LogP contribution is 2.20. The zero-order chi connectivity index (χ0) is 16.7. The van der Waals surface area contributed by atoms with Crippen LogP contribution in [0, 0.1) is 11.3 Å². The van der Waals surface area contributed by atoms with E-state index in [1.807, 2.05) is 44.2 Å². The number of hydrogen-bond donors (Lipinski definition) is 1. The van der Waals surface area contributed by atoms with E-state index in [1.165, 1.54) is 0 Å². The quantitative estimate of drug-likeness (QED) is 0.922. The third-order valence-electron chi connectivity index (χ3n) is 3.74. The van der Waals surface area contributed by atoms with Crippen molar-refractivity contribution < 1.29 is 4.79 Å². The summed E-state index contributed by atoms with van der Waals surface area (Å²) < 4.78 is 0. The molecule has 1 N–H and O–H groups in total. The van der Waals surface area contributed by atoms with Crippen molar-refractivity contribution >= 4 is 6.03 Å².